The summed E-state index contributed by atoms with van der Waals surface area (Å²) in [5.74, 6) is 1.08. The lowest BCUT2D eigenvalue weighted by Crippen LogP contribution is -2.59. The maximum Gasteiger partial charge on any atom is 0.232 e. The van der Waals surface area contributed by atoms with Crippen LogP contribution in [-0.4, -0.2) is 21.6 Å². The number of nitrogens with zero attached hydrogens (tertiary/aromatic N) is 1. The summed E-state index contributed by atoms with van der Waals surface area (Å²) in [5.41, 5.74) is 2.28. The minimum atomic E-state index is -0.615. The molecule has 5 heteroatoms. The number of thiazole rings is 1. The highest BCUT2D eigenvalue weighted by atomic mass is 32.1. The van der Waals surface area contributed by atoms with E-state index >= 15 is 0 Å². The fourth-order valence-corrected chi connectivity index (χ4v) is 6.80. The standard InChI is InChI=1S/C22H26N2O2S/c1-2-14-3-5-17(6-4-14)18-12-27-20(23-18)24-19(25)21-8-15-7-16(9-21)11-22(26,10-15)13-21/h3-6,12,15-16,26H,2,7-11,13H2,1H3,(H,23,24,25)/t15-,16+,21?,22?. The average molecular weight is 383 g/mol. The van der Waals surface area contributed by atoms with Crippen molar-refractivity contribution in [2.24, 2.45) is 17.3 Å². The molecule has 1 aromatic heterocycles. The van der Waals surface area contributed by atoms with Gasteiger partial charge in [0.05, 0.1) is 16.7 Å². The minimum absolute atomic E-state index is 0.0669. The summed E-state index contributed by atoms with van der Waals surface area (Å²) in [6.07, 6.45) is 6.45. The molecule has 4 saturated carbocycles. The van der Waals surface area contributed by atoms with Gasteiger partial charge in [-0.15, -0.1) is 11.3 Å². The molecular formula is C22H26N2O2S. The fraction of sp³-hybridized carbons (Fsp3) is 0.545. The Morgan fingerprint density at radius 3 is 2.56 bits per heavy atom. The molecule has 0 aliphatic heterocycles. The van der Waals surface area contributed by atoms with Crippen LogP contribution in [0.1, 0.15) is 51.0 Å². The maximum atomic E-state index is 13.2. The summed E-state index contributed by atoms with van der Waals surface area (Å²) in [5, 5.41) is 16.6. The second-order valence-corrected chi connectivity index (χ2v) is 9.87. The lowest BCUT2D eigenvalue weighted by Gasteiger charge is -2.59. The van der Waals surface area contributed by atoms with Crippen LogP contribution in [0.5, 0.6) is 0 Å². The molecule has 27 heavy (non-hydrogen) atoms. The van der Waals surface area contributed by atoms with Crippen molar-refractivity contribution in [3.63, 3.8) is 0 Å². The summed E-state index contributed by atoms with van der Waals surface area (Å²) in [6, 6.07) is 8.44. The van der Waals surface area contributed by atoms with E-state index in [9.17, 15) is 9.90 Å². The van der Waals surface area contributed by atoms with Crippen LogP contribution >= 0.6 is 11.3 Å². The first-order chi connectivity index (χ1) is 13.0. The Morgan fingerprint density at radius 1 is 1.22 bits per heavy atom. The number of nitrogens with one attached hydrogen (secondary N) is 1. The van der Waals surface area contributed by atoms with Crippen LogP contribution in [0.25, 0.3) is 11.3 Å². The molecule has 6 rings (SSSR count). The number of hydrogen-bond donors (Lipinski definition) is 2. The zero-order valence-electron chi connectivity index (χ0n) is 15.7. The Bertz CT molecular complexity index is 859. The van der Waals surface area contributed by atoms with E-state index in [0.717, 1.165) is 43.4 Å². The van der Waals surface area contributed by atoms with Gasteiger partial charge in [-0.3, -0.25) is 4.79 Å². The van der Waals surface area contributed by atoms with Crippen LogP contribution < -0.4 is 5.32 Å². The molecule has 2 N–H and O–H groups in total. The molecule has 1 amide bonds. The molecule has 0 saturated heterocycles. The van der Waals surface area contributed by atoms with Gasteiger partial charge in [0.25, 0.3) is 0 Å². The third-order valence-corrected chi connectivity index (χ3v) is 7.65. The second-order valence-electron chi connectivity index (χ2n) is 9.01. The molecule has 1 heterocycles. The van der Waals surface area contributed by atoms with Gasteiger partial charge in [-0.25, -0.2) is 4.98 Å². The monoisotopic (exact) mass is 382 g/mol. The van der Waals surface area contributed by atoms with Crippen molar-refractivity contribution in [2.75, 3.05) is 5.32 Å². The number of aryl methyl sites for hydroxylation is 1. The molecular weight excluding hydrogens is 356 g/mol. The molecule has 4 bridgehead atoms. The topological polar surface area (TPSA) is 62.2 Å². The van der Waals surface area contributed by atoms with Crippen molar-refractivity contribution in [3.05, 3.63) is 35.2 Å². The second kappa shape index (κ2) is 6.14. The van der Waals surface area contributed by atoms with E-state index in [2.05, 4.69) is 41.5 Å². The van der Waals surface area contributed by atoms with E-state index in [0.29, 0.717) is 23.4 Å². The Kier molecular flexibility index (Phi) is 3.96. The van der Waals surface area contributed by atoms with Gasteiger partial charge in [0.15, 0.2) is 5.13 Å². The molecule has 4 aliphatic carbocycles. The van der Waals surface area contributed by atoms with Crippen molar-refractivity contribution in [1.82, 2.24) is 4.98 Å². The van der Waals surface area contributed by atoms with E-state index in [4.69, 9.17) is 0 Å². The van der Waals surface area contributed by atoms with Gasteiger partial charge in [0.1, 0.15) is 0 Å². The average Bonchev–Trinajstić information content (AvgIpc) is 3.08. The molecule has 0 radical (unpaired) electrons. The van der Waals surface area contributed by atoms with Gasteiger partial charge in [-0.05, 0) is 62.3 Å². The van der Waals surface area contributed by atoms with E-state index in [1.165, 1.54) is 23.3 Å². The van der Waals surface area contributed by atoms with Crippen molar-refractivity contribution in [2.45, 2.75) is 57.5 Å². The number of carbonyl (C=O) groups is 1. The zero-order valence-corrected chi connectivity index (χ0v) is 16.5. The Morgan fingerprint density at radius 2 is 1.93 bits per heavy atom. The quantitative estimate of drug-likeness (QED) is 0.810. The van der Waals surface area contributed by atoms with Crippen LogP contribution in [0.2, 0.25) is 0 Å². The number of benzene rings is 1. The maximum absolute atomic E-state index is 13.2. The highest BCUT2D eigenvalue weighted by Crippen LogP contribution is 2.61. The highest BCUT2D eigenvalue weighted by molar-refractivity contribution is 7.14. The van der Waals surface area contributed by atoms with E-state index in [1.807, 2.05) is 5.38 Å². The van der Waals surface area contributed by atoms with Gasteiger partial charge >= 0.3 is 0 Å². The Hall–Kier alpha value is -1.72. The SMILES string of the molecule is CCc1ccc(-c2csc(NC(=O)C34C[C@@H]5C[C@@H](CC(O)(C5)C3)C4)n2)cc1. The minimum Gasteiger partial charge on any atom is -0.390 e. The summed E-state index contributed by atoms with van der Waals surface area (Å²) >= 11 is 1.48. The van der Waals surface area contributed by atoms with Gasteiger partial charge in [-0.1, -0.05) is 31.2 Å². The van der Waals surface area contributed by atoms with E-state index in [-0.39, 0.29) is 5.91 Å². The van der Waals surface area contributed by atoms with Crippen LogP contribution in [0.15, 0.2) is 29.6 Å². The van der Waals surface area contributed by atoms with Gasteiger partial charge in [0.2, 0.25) is 5.91 Å². The first-order valence-electron chi connectivity index (χ1n) is 10.1. The third-order valence-electron chi connectivity index (χ3n) is 6.89. The Balaban J connectivity index is 1.34. The smallest absolute Gasteiger partial charge is 0.232 e. The molecule has 1 aromatic carbocycles. The van der Waals surface area contributed by atoms with Crippen molar-refractivity contribution < 1.29 is 9.90 Å². The van der Waals surface area contributed by atoms with Crippen LogP contribution in [0, 0.1) is 17.3 Å². The zero-order chi connectivity index (χ0) is 18.6. The van der Waals surface area contributed by atoms with Gasteiger partial charge in [0, 0.05) is 10.9 Å². The van der Waals surface area contributed by atoms with Crippen molar-refractivity contribution in [3.8, 4) is 11.3 Å². The number of anilines is 1. The number of carbonyl (C=O) groups excluding carboxylic acids is 1. The number of hydrogen-bond acceptors (Lipinski definition) is 4. The molecule has 4 fully saturated rings. The van der Waals surface area contributed by atoms with Crippen LogP contribution in [0.3, 0.4) is 0 Å². The number of aliphatic hydroxyl groups is 1. The third kappa shape index (κ3) is 3.01. The molecule has 2 aromatic rings. The first-order valence-corrected chi connectivity index (χ1v) is 10.9. The molecule has 142 valence electrons. The number of rotatable bonds is 4. The summed E-state index contributed by atoms with van der Waals surface area (Å²) < 4.78 is 0. The lowest BCUT2D eigenvalue weighted by molar-refractivity contribution is -0.174. The Labute approximate surface area is 164 Å². The molecule has 2 unspecified atom stereocenters. The molecule has 4 atom stereocenters. The van der Waals surface area contributed by atoms with E-state index in [1.54, 1.807) is 0 Å². The van der Waals surface area contributed by atoms with E-state index < -0.39 is 11.0 Å². The van der Waals surface area contributed by atoms with Crippen LogP contribution in [0.4, 0.5) is 5.13 Å². The number of amides is 1. The normalized spacial score (nSPS) is 34.0. The van der Waals surface area contributed by atoms with Gasteiger partial charge in [-0.2, -0.15) is 0 Å². The fourth-order valence-electron chi connectivity index (χ4n) is 6.08. The summed E-state index contributed by atoms with van der Waals surface area (Å²) in [6.45, 7) is 2.15. The predicted molar refractivity (Wildman–Crippen MR) is 108 cm³/mol. The van der Waals surface area contributed by atoms with Crippen molar-refractivity contribution >= 4 is 22.4 Å². The largest absolute Gasteiger partial charge is 0.390 e. The predicted octanol–water partition coefficient (Wildman–Crippen LogP) is 4.64. The number of aromatic nitrogens is 1. The summed E-state index contributed by atoms with van der Waals surface area (Å²) in [4.78, 5) is 17.8. The summed E-state index contributed by atoms with van der Waals surface area (Å²) in [7, 11) is 0. The van der Waals surface area contributed by atoms with Crippen molar-refractivity contribution in [1.29, 1.82) is 0 Å². The molecule has 4 nitrogen and oxygen atoms in total. The highest BCUT2D eigenvalue weighted by Gasteiger charge is 2.60. The lowest BCUT2D eigenvalue weighted by atomic mass is 9.47. The molecule has 4 aliphatic rings. The first kappa shape index (κ1) is 17.4. The van der Waals surface area contributed by atoms with Gasteiger partial charge < -0.3 is 10.4 Å². The molecule has 0 spiro atoms. The van der Waals surface area contributed by atoms with Crippen LogP contribution in [-0.2, 0) is 11.2 Å².